The van der Waals surface area contributed by atoms with Crippen LogP contribution in [-0.4, -0.2) is 56.0 Å². The fourth-order valence-electron chi connectivity index (χ4n) is 4.06. The number of ether oxygens (including phenoxy) is 2. The van der Waals surface area contributed by atoms with Gasteiger partial charge in [-0.1, -0.05) is 0 Å². The van der Waals surface area contributed by atoms with Crippen molar-refractivity contribution >= 4 is 22.5 Å². The molecule has 1 saturated carbocycles. The van der Waals surface area contributed by atoms with Gasteiger partial charge in [-0.05, 0) is 44.7 Å². The number of piperidine rings is 1. The van der Waals surface area contributed by atoms with Gasteiger partial charge in [-0.2, -0.15) is 13.2 Å². The van der Waals surface area contributed by atoms with E-state index in [0.29, 0.717) is 36.5 Å². The first-order valence-electron chi connectivity index (χ1n) is 11.0. The monoisotopic (exact) mass is 451 g/mol. The summed E-state index contributed by atoms with van der Waals surface area (Å²) in [5, 5.41) is 3.59. The second kappa shape index (κ2) is 9.13. The first kappa shape index (κ1) is 22.6. The van der Waals surface area contributed by atoms with Crippen LogP contribution in [0.1, 0.15) is 43.0 Å². The van der Waals surface area contributed by atoms with E-state index in [-0.39, 0.29) is 30.9 Å². The molecule has 0 radical (unpaired) electrons. The van der Waals surface area contributed by atoms with E-state index < -0.39 is 12.1 Å². The van der Waals surface area contributed by atoms with E-state index in [1.807, 2.05) is 24.0 Å². The minimum absolute atomic E-state index is 0.0522. The molecule has 1 aliphatic heterocycles. The van der Waals surface area contributed by atoms with Gasteiger partial charge in [-0.25, -0.2) is 0 Å². The van der Waals surface area contributed by atoms with Crippen LogP contribution in [0.3, 0.4) is 0 Å². The number of hydrogen-bond donors (Lipinski definition) is 1. The zero-order chi connectivity index (χ0) is 22.9. The van der Waals surface area contributed by atoms with Crippen molar-refractivity contribution in [1.29, 1.82) is 0 Å². The number of alkyl halides is 3. The molecule has 32 heavy (non-hydrogen) atoms. The number of carbonyl (C=O) groups is 1. The summed E-state index contributed by atoms with van der Waals surface area (Å²) in [5.74, 6) is -0.877. The summed E-state index contributed by atoms with van der Waals surface area (Å²) in [5.41, 5.74) is 1.81. The maximum Gasteiger partial charge on any atom is 0.391 e. The molecule has 1 saturated heterocycles. The number of amides is 1. The van der Waals surface area contributed by atoms with Gasteiger partial charge in [-0.15, -0.1) is 0 Å². The van der Waals surface area contributed by atoms with Crippen LogP contribution in [0.15, 0.2) is 24.4 Å². The molecule has 2 fully saturated rings. The van der Waals surface area contributed by atoms with Crippen molar-refractivity contribution in [3.8, 4) is 5.75 Å². The predicted octanol–water partition coefficient (Wildman–Crippen LogP) is 4.32. The lowest BCUT2D eigenvalue weighted by molar-refractivity contribution is -0.179. The third-order valence-electron chi connectivity index (χ3n) is 5.92. The molecule has 6 nitrogen and oxygen atoms in total. The van der Waals surface area contributed by atoms with Gasteiger partial charge in [0.1, 0.15) is 5.75 Å². The van der Waals surface area contributed by atoms with Gasteiger partial charge in [0.25, 0.3) is 5.91 Å². The molecule has 1 N–H and O–H groups in total. The minimum Gasteiger partial charge on any atom is -0.490 e. The van der Waals surface area contributed by atoms with Gasteiger partial charge in [0.2, 0.25) is 0 Å². The molecule has 0 unspecified atom stereocenters. The number of hydrogen-bond acceptors (Lipinski definition) is 5. The number of aromatic nitrogens is 1. The van der Waals surface area contributed by atoms with Crippen LogP contribution >= 0.6 is 0 Å². The Morgan fingerprint density at radius 2 is 1.94 bits per heavy atom. The molecule has 1 aromatic carbocycles. The zero-order valence-electron chi connectivity index (χ0n) is 18.2. The lowest BCUT2D eigenvalue weighted by atomic mass is 9.95. The summed E-state index contributed by atoms with van der Waals surface area (Å²) in [6, 6.07) is 5.31. The van der Waals surface area contributed by atoms with Crippen molar-refractivity contribution in [3.63, 3.8) is 0 Å². The van der Waals surface area contributed by atoms with Crippen LogP contribution in [0.4, 0.5) is 18.9 Å². The molecule has 2 heterocycles. The highest BCUT2D eigenvalue weighted by Gasteiger charge is 2.41. The van der Waals surface area contributed by atoms with Gasteiger partial charge >= 0.3 is 6.18 Å². The summed E-state index contributed by atoms with van der Waals surface area (Å²) in [6.07, 6.45) is -0.403. The second-order valence-corrected chi connectivity index (χ2v) is 8.69. The molecule has 9 heteroatoms. The third-order valence-corrected chi connectivity index (χ3v) is 5.92. The number of anilines is 1. The Morgan fingerprint density at radius 1 is 1.22 bits per heavy atom. The quantitative estimate of drug-likeness (QED) is 0.679. The molecule has 1 amide bonds. The molecular formula is C23H28F3N3O3. The summed E-state index contributed by atoms with van der Waals surface area (Å²) in [4.78, 5) is 19.1. The SMILES string of the molecule is COC[C@@H](C)NC(=O)c1cnc2c(N3CCC(C(F)(F)F)CC3)cc(OC3CC3)cc2c1. The standard InChI is InChI=1S/C23H28F3N3O3/c1-14(13-31-2)28-22(30)16-9-15-10-19(32-18-3-4-18)11-20(21(15)27-12-16)29-7-5-17(6-8-29)23(24,25)26/h9-12,14,17-18H,3-8,13H2,1-2H3,(H,28,30)/t14-/m1/s1. The first-order chi connectivity index (χ1) is 15.2. The number of pyridine rings is 1. The Bertz CT molecular complexity index is 970. The van der Waals surface area contributed by atoms with E-state index in [4.69, 9.17) is 9.47 Å². The molecule has 0 bridgehead atoms. The molecule has 1 aromatic heterocycles. The Labute approximate surface area is 185 Å². The number of nitrogens with zero attached hydrogens (tertiary/aromatic N) is 2. The van der Waals surface area contributed by atoms with Crippen molar-refractivity contribution in [3.05, 3.63) is 30.0 Å². The van der Waals surface area contributed by atoms with Crippen LogP contribution in [0.2, 0.25) is 0 Å². The Kier molecular flexibility index (Phi) is 6.46. The van der Waals surface area contributed by atoms with Gasteiger partial charge in [0.15, 0.2) is 0 Å². The van der Waals surface area contributed by atoms with Crippen molar-refractivity contribution in [2.45, 2.75) is 50.9 Å². The molecule has 2 aliphatic rings. The summed E-state index contributed by atoms with van der Waals surface area (Å²) in [6.45, 7) is 2.83. The van der Waals surface area contributed by atoms with E-state index >= 15 is 0 Å². The average molecular weight is 451 g/mol. The van der Waals surface area contributed by atoms with Gasteiger partial charge in [-0.3, -0.25) is 9.78 Å². The van der Waals surface area contributed by atoms with Crippen LogP contribution in [0, 0.1) is 5.92 Å². The average Bonchev–Trinajstić information content (AvgIpc) is 3.56. The van der Waals surface area contributed by atoms with E-state index in [0.717, 1.165) is 23.9 Å². The molecule has 4 rings (SSSR count). The first-order valence-corrected chi connectivity index (χ1v) is 11.0. The molecule has 0 spiro atoms. The number of rotatable bonds is 7. The highest BCUT2D eigenvalue weighted by Crippen LogP contribution is 2.39. The normalized spacial score (nSPS) is 18.6. The van der Waals surface area contributed by atoms with Crippen molar-refractivity contribution in [2.24, 2.45) is 5.92 Å². The van der Waals surface area contributed by atoms with Crippen molar-refractivity contribution < 1.29 is 27.4 Å². The Morgan fingerprint density at radius 3 is 2.56 bits per heavy atom. The van der Waals surface area contributed by atoms with Crippen molar-refractivity contribution in [1.82, 2.24) is 10.3 Å². The number of benzene rings is 1. The summed E-state index contributed by atoms with van der Waals surface area (Å²) < 4.78 is 50.3. The van der Waals surface area contributed by atoms with Gasteiger partial charge in [0, 0.05) is 43.9 Å². The number of methoxy groups -OCH3 is 1. The smallest absolute Gasteiger partial charge is 0.391 e. The van der Waals surface area contributed by atoms with Crippen LogP contribution in [0.5, 0.6) is 5.75 Å². The minimum atomic E-state index is -4.16. The highest BCUT2D eigenvalue weighted by molar-refractivity contribution is 6.00. The zero-order valence-corrected chi connectivity index (χ0v) is 18.2. The highest BCUT2D eigenvalue weighted by atomic mass is 19.4. The molecule has 2 aromatic rings. The van der Waals surface area contributed by atoms with Crippen LogP contribution in [0.25, 0.3) is 10.9 Å². The van der Waals surface area contributed by atoms with Crippen molar-refractivity contribution in [2.75, 3.05) is 31.7 Å². The molecule has 1 atom stereocenters. The van der Waals surface area contributed by atoms with Crippen LogP contribution < -0.4 is 15.0 Å². The van der Waals surface area contributed by atoms with Gasteiger partial charge in [0.05, 0.1) is 35.4 Å². The largest absolute Gasteiger partial charge is 0.490 e. The molecule has 174 valence electrons. The third kappa shape index (κ3) is 5.26. The lowest BCUT2D eigenvalue weighted by Gasteiger charge is -2.35. The summed E-state index contributed by atoms with van der Waals surface area (Å²) >= 11 is 0. The molecular weight excluding hydrogens is 423 g/mol. The topological polar surface area (TPSA) is 63.7 Å². The maximum absolute atomic E-state index is 13.1. The second-order valence-electron chi connectivity index (χ2n) is 8.69. The number of nitrogens with one attached hydrogen (secondary N) is 1. The Balaban J connectivity index is 1.62. The maximum atomic E-state index is 13.1. The number of fused-ring (bicyclic) bond motifs is 1. The Hall–Kier alpha value is -2.55. The lowest BCUT2D eigenvalue weighted by Crippen LogP contribution is -2.39. The van der Waals surface area contributed by atoms with E-state index in [1.54, 1.807) is 13.2 Å². The van der Waals surface area contributed by atoms with E-state index in [9.17, 15) is 18.0 Å². The number of halogens is 3. The predicted molar refractivity (Wildman–Crippen MR) is 115 cm³/mol. The fraction of sp³-hybridized carbons (Fsp3) is 0.565. The number of carbonyl (C=O) groups excluding carboxylic acids is 1. The summed E-state index contributed by atoms with van der Waals surface area (Å²) in [7, 11) is 1.57. The molecule has 1 aliphatic carbocycles. The van der Waals surface area contributed by atoms with Gasteiger partial charge < -0.3 is 19.7 Å². The van der Waals surface area contributed by atoms with Crippen LogP contribution in [-0.2, 0) is 4.74 Å². The van der Waals surface area contributed by atoms with E-state index in [1.165, 1.54) is 6.20 Å². The van der Waals surface area contributed by atoms with E-state index in [2.05, 4.69) is 10.3 Å². The fourth-order valence-corrected chi connectivity index (χ4v) is 4.06.